The summed E-state index contributed by atoms with van der Waals surface area (Å²) in [6.07, 6.45) is 1.27. The van der Waals surface area contributed by atoms with Gasteiger partial charge < -0.3 is 0 Å². The molecule has 0 aliphatic rings. The lowest BCUT2D eigenvalue weighted by molar-refractivity contribution is -0.385. The third-order valence-corrected chi connectivity index (χ3v) is 3.78. The lowest BCUT2D eigenvalue weighted by Gasteiger charge is -2.08. The van der Waals surface area contributed by atoms with Gasteiger partial charge in [-0.15, -0.1) is 0 Å². The Hall–Kier alpha value is -0.490. The zero-order chi connectivity index (χ0) is 12.3. The number of hydrogen-bond acceptors (Lipinski definition) is 2. The predicted molar refractivity (Wildman–Crippen MR) is 67.5 cm³/mol. The number of benzene rings is 1. The summed E-state index contributed by atoms with van der Waals surface area (Å²) in [6, 6.07) is 2.42. The molecule has 0 radical (unpaired) electrons. The summed E-state index contributed by atoms with van der Waals surface area (Å²) < 4.78 is 13.4. The van der Waals surface area contributed by atoms with Crippen LogP contribution in [0.4, 0.5) is 10.1 Å². The van der Waals surface area contributed by atoms with Gasteiger partial charge in [-0.2, -0.15) is 0 Å². The van der Waals surface area contributed by atoms with Crippen LogP contribution in [0.25, 0.3) is 0 Å². The zero-order valence-corrected chi connectivity index (χ0v) is 11.7. The van der Waals surface area contributed by atoms with E-state index in [1.807, 2.05) is 6.92 Å². The molecule has 1 atom stereocenters. The van der Waals surface area contributed by atoms with E-state index in [2.05, 4.69) is 31.9 Å². The van der Waals surface area contributed by atoms with Crippen LogP contribution in [0.15, 0.2) is 16.6 Å². The lowest BCUT2D eigenvalue weighted by Crippen LogP contribution is -2.05. The molecule has 0 N–H and O–H groups in total. The van der Waals surface area contributed by atoms with Crippen molar-refractivity contribution in [2.24, 2.45) is 0 Å². The van der Waals surface area contributed by atoms with Crippen LogP contribution in [-0.2, 0) is 6.42 Å². The Balaban J connectivity index is 3.14. The van der Waals surface area contributed by atoms with E-state index in [-0.39, 0.29) is 15.0 Å². The van der Waals surface area contributed by atoms with Crippen LogP contribution in [0.1, 0.15) is 18.9 Å². The predicted octanol–water partition coefficient (Wildman–Crippen LogP) is 4.21. The Morgan fingerprint density at radius 3 is 2.69 bits per heavy atom. The molecule has 16 heavy (non-hydrogen) atoms. The van der Waals surface area contributed by atoms with Gasteiger partial charge in [0.15, 0.2) is 0 Å². The summed E-state index contributed by atoms with van der Waals surface area (Å²) in [5.41, 5.74) is 0.362. The molecule has 0 aliphatic carbocycles. The first-order chi connectivity index (χ1) is 7.45. The molecule has 0 fully saturated rings. The van der Waals surface area contributed by atoms with E-state index in [9.17, 15) is 14.5 Å². The van der Waals surface area contributed by atoms with E-state index in [0.29, 0.717) is 12.0 Å². The first kappa shape index (κ1) is 13.6. The van der Waals surface area contributed by atoms with Gasteiger partial charge in [0.25, 0.3) is 5.69 Å². The monoisotopic (exact) mass is 353 g/mol. The van der Waals surface area contributed by atoms with E-state index in [4.69, 9.17) is 0 Å². The molecule has 0 spiro atoms. The van der Waals surface area contributed by atoms with Crippen LogP contribution < -0.4 is 0 Å². The molecule has 0 heterocycles. The van der Waals surface area contributed by atoms with Gasteiger partial charge >= 0.3 is 0 Å². The highest BCUT2D eigenvalue weighted by molar-refractivity contribution is 9.10. The summed E-state index contributed by atoms with van der Waals surface area (Å²) in [5, 5.41) is 10.8. The highest BCUT2D eigenvalue weighted by Crippen LogP contribution is 2.28. The molecule has 6 heteroatoms. The number of nitrogens with zero attached hydrogens (tertiary/aromatic N) is 1. The normalized spacial score (nSPS) is 12.5. The van der Waals surface area contributed by atoms with Crippen molar-refractivity contribution in [3.63, 3.8) is 0 Å². The van der Waals surface area contributed by atoms with Crippen LogP contribution >= 0.6 is 31.9 Å². The summed E-state index contributed by atoms with van der Waals surface area (Å²) in [5.74, 6) is -0.476. The molecule has 1 aromatic carbocycles. The first-order valence-corrected chi connectivity index (χ1v) is 6.43. The summed E-state index contributed by atoms with van der Waals surface area (Å²) in [6.45, 7) is 1.96. The Labute approximate surface area is 109 Å². The fourth-order valence-corrected chi connectivity index (χ4v) is 1.97. The number of hydrogen-bond donors (Lipinski definition) is 0. The molecule has 0 aromatic heterocycles. The molecule has 1 unspecified atom stereocenters. The van der Waals surface area contributed by atoms with Crippen molar-refractivity contribution in [2.75, 3.05) is 0 Å². The van der Waals surface area contributed by atoms with Crippen molar-refractivity contribution in [1.82, 2.24) is 0 Å². The van der Waals surface area contributed by atoms with E-state index < -0.39 is 10.7 Å². The molecule has 3 nitrogen and oxygen atoms in total. The Morgan fingerprint density at radius 1 is 1.56 bits per heavy atom. The van der Waals surface area contributed by atoms with Gasteiger partial charge in [-0.05, 0) is 34.8 Å². The average Bonchev–Trinajstić information content (AvgIpc) is 2.22. The van der Waals surface area contributed by atoms with Crippen molar-refractivity contribution in [1.29, 1.82) is 0 Å². The average molecular weight is 355 g/mol. The van der Waals surface area contributed by atoms with E-state index in [1.165, 1.54) is 12.1 Å². The quantitative estimate of drug-likeness (QED) is 0.461. The van der Waals surface area contributed by atoms with Gasteiger partial charge in [-0.1, -0.05) is 22.9 Å². The number of halogens is 3. The molecule has 0 aliphatic heterocycles. The molecule has 0 saturated carbocycles. The van der Waals surface area contributed by atoms with Gasteiger partial charge in [-0.3, -0.25) is 10.1 Å². The van der Waals surface area contributed by atoms with Crippen LogP contribution in [0.2, 0.25) is 0 Å². The smallest absolute Gasteiger partial charge is 0.258 e. The van der Waals surface area contributed by atoms with Crippen molar-refractivity contribution in [2.45, 2.75) is 24.6 Å². The third-order valence-electron chi connectivity index (χ3n) is 2.20. The maximum Gasteiger partial charge on any atom is 0.273 e. The van der Waals surface area contributed by atoms with Crippen LogP contribution in [0, 0.1) is 15.9 Å². The minimum absolute atomic E-state index is 0.0498. The molecule has 0 bridgehead atoms. The Kier molecular flexibility index (Phi) is 4.86. The van der Waals surface area contributed by atoms with Gasteiger partial charge in [0, 0.05) is 16.5 Å². The van der Waals surface area contributed by atoms with E-state index in [1.54, 1.807) is 0 Å². The van der Waals surface area contributed by atoms with Crippen LogP contribution in [-0.4, -0.2) is 9.75 Å². The van der Waals surface area contributed by atoms with Crippen LogP contribution in [0.3, 0.4) is 0 Å². The highest BCUT2D eigenvalue weighted by Gasteiger charge is 2.19. The highest BCUT2D eigenvalue weighted by atomic mass is 79.9. The van der Waals surface area contributed by atoms with Gasteiger partial charge in [-0.25, -0.2) is 4.39 Å². The molecule has 1 rings (SSSR count). The molecule has 88 valence electrons. The second-order valence-electron chi connectivity index (χ2n) is 3.36. The van der Waals surface area contributed by atoms with Gasteiger partial charge in [0.2, 0.25) is 0 Å². The fraction of sp³-hybridized carbons (Fsp3) is 0.400. The SMILES string of the molecule is CCC(Br)Cc1cc(F)c(Br)cc1[N+](=O)[O-]. The number of nitro benzene ring substituents is 1. The van der Waals surface area contributed by atoms with Crippen molar-refractivity contribution >= 4 is 37.5 Å². The number of rotatable bonds is 4. The first-order valence-electron chi connectivity index (χ1n) is 4.72. The Morgan fingerprint density at radius 2 is 2.19 bits per heavy atom. The standard InChI is InChI=1S/C10H10Br2FNO2/c1-2-7(11)3-6-4-9(13)8(12)5-10(6)14(15)16/h4-5,7H,2-3H2,1H3. The molecular formula is C10H10Br2FNO2. The minimum Gasteiger partial charge on any atom is -0.258 e. The molecule has 0 amide bonds. The molecular weight excluding hydrogens is 345 g/mol. The summed E-state index contributed by atoms with van der Waals surface area (Å²) in [7, 11) is 0. The van der Waals surface area contributed by atoms with Gasteiger partial charge in [0.1, 0.15) is 5.82 Å². The number of nitro groups is 1. The Bertz CT molecular complexity index is 412. The topological polar surface area (TPSA) is 43.1 Å². The maximum atomic E-state index is 13.3. The van der Waals surface area contributed by atoms with Gasteiger partial charge in [0.05, 0.1) is 9.40 Å². The minimum atomic E-state index is -0.491. The maximum absolute atomic E-state index is 13.3. The van der Waals surface area contributed by atoms with Crippen molar-refractivity contribution in [3.8, 4) is 0 Å². The third kappa shape index (κ3) is 3.25. The van der Waals surface area contributed by atoms with Crippen molar-refractivity contribution in [3.05, 3.63) is 38.1 Å². The summed E-state index contributed by atoms with van der Waals surface area (Å²) in [4.78, 5) is 10.4. The summed E-state index contributed by atoms with van der Waals surface area (Å²) >= 11 is 6.32. The lowest BCUT2D eigenvalue weighted by atomic mass is 10.1. The van der Waals surface area contributed by atoms with Crippen LogP contribution in [0.5, 0.6) is 0 Å². The van der Waals surface area contributed by atoms with Crippen molar-refractivity contribution < 1.29 is 9.31 Å². The second kappa shape index (κ2) is 5.72. The largest absolute Gasteiger partial charge is 0.273 e. The molecule has 1 aromatic rings. The fourth-order valence-electron chi connectivity index (χ4n) is 1.29. The molecule has 0 saturated heterocycles. The zero-order valence-electron chi connectivity index (χ0n) is 8.54. The number of alkyl halides is 1. The van der Waals surface area contributed by atoms with E-state index in [0.717, 1.165) is 6.42 Å². The van der Waals surface area contributed by atoms with E-state index >= 15 is 0 Å². The second-order valence-corrected chi connectivity index (χ2v) is 5.51.